The number of ether oxygens (including phenoxy) is 1. The number of nitrogens with zero attached hydrogens (tertiary/aromatic N) is 1. The maximum absolute atomic E-state index is 12.6. The second kappa shape index (κ2) is 10.8. The molecule has 3 aromatic rings. The molecule has 0 aliphatic heterocycles. The van der Waals surface area contributed by atoms with Crippen LogP contribution in [0.15, 0.2) is 72.3 Å². The molecule has 33 heavy (non-hydrogen) atoms. The van der Waals surface area contributed by atoms with Crippen molar-refractivity contribution in [2.24, 2.45) is 0 Å². The standard InChI is InChI=1S/C27H25N3O3/c1-18-6-4-8-23(13-18)29-26(31)17-33-24-9-5-7-21(15-24)14-22(16-28)27(32)30-25-11-10-19(2)12-20(25)3/h4-15H,17H2,1-3H3,(H,29,31)(H,30,32)/b22-14+. The monoisotopic (exact) mass is 439 g/mol. The molecule has 0 aliphatic rings. The van der Waals surface area contributed by atoms with E-state index in [0.29, 0.717) is 22.7 Å². The zero-order valence-electron chi connectivity index (χ0n) is 18.8. The lowest BCUT2D eigenvalue weighted by molar-refractivity contribution is -0.118. The summed E-state index contributed by atoms with van der Waals surface area (Å²) in [5.41, 5.74) is 4.98. The SMILES string of the molecule is Cc1cccc(NC(=O)COc2cccc(/C=C(\C#N)C(=O)Nc3ccc(C)cc3C)c2)c1. The van der Waals surface area contributed by atoms with Crippen LogP contribution in [-0.2, 0) is 9.59 Å². The minimum atomic E-state index is -0.492. The first-order valence-electron chi connectivity index (χ1n) is 10.4. The van der Waals surface area contributed by atoms with Crippen LogP contribution in [0, 0.1) is 32.1 Å². The van der Waals surface area contributed by atoms with Gasteiger partial charge >= 0.3 is 0 Å². The highest BCUT2D eigenvalue weighted by molar-refractivity contribution is 6.10. The van der Waals surface area contributed by atoms with Crippen LogP contribution in [0.25, 0.3) is 6.08 Å². The maximum Gasteiger partial charge on any atom is 0.266 e. The van der Waals surface area contributed by atoms with Crippen molar-refractivity contribution in [3.63, 3.8) is 0 Å². The van der Waals surface area contributed by atoms with Gasteiger partial charge in [-0.2, -0.15) is 5.26 Å². The number of carbonyl (C=O) groups is 2. The molecule has 2 N–H and O–H groups in total. The Labute approximate surface area is 193 Å². The first-order chi connectivity index (χ1) is 15.8. The lowest BCUT2D eigenvalue weighted by Gasteiger charge is -2.09. The largest absolute Gasteiger partial charge is 0.484 e. The molecule has 0 heterocycles. The number of benzene rings is 3. The summed E-state index contributed by atoms with van der Waals surface area (Å²) in [6.07, 6.45) is 1.48. The fourth-order valence-electron chi connectivity index (χ4n) is 3.22. The molecule has 0 saturated carbocycles. The number of aryl methyl sites for hydroxylation is 3. The van der Waals surface area contributed by atoms with Crippen molar-refractivity contribution in [3.8, 4) is 11.8 Å². The number of rotatable bonds is 7. The van der Waals surface area contributed by atoms with Gasteiger partial charge in [0, 0.05) is 11.4 Å². The van der Waals surface area contributed by atoms with Crippen LogP contribution in [-0.4, -0.2) is 18.4 Å². The summed E-state index contributed by atoms with van der Waals surface area (Å²) in [5.74, 6) is -0.323. The molecule has 3 aromatic carbocycles. The number of nitriles is 1. The van der Waals surface area contributed by atoms with Gasteiger partial charge in [0.15, 0.2) is 6.61 Å². The van der Waals surface area contributed by atoms with Gasteiger partial charge in [-0.25, -0.2) is 0 Å². The molecule has 6 nitrogen and oxygen atoms in total. The lowest BCUT2D eigenvalue weighted by atomic mass is 10.1. The highest BCUT2D eigenvalue weighted by Gasteiger charge is 2.11. The van der Waals surface area contributed by atoms with E-state index in [1.54, 1.807) is 24.3 Å². The number of amides is 2. The van der Waals surface area contributed by atoms with Gasteiger partial charge in [0.25, 0.3) is 11.8 Å². The minimum Gasteiger partial charge on any atom is -0.484 e. The molecule has 0 fully saturated rings. The zero-order chi connectivity index (χ0) is 23.8. The molecular formula is C27H25N3O3. The number of nitrogens with one attached hydrogen (secondary N) is 2. The van der Waals surface area contributed by atoms with Crippen LogP contribution < -0.4 is 15.4 Å². The Kier molecular flexibility index (Phi) is 7.61. The van der Waals surface area contributed by atoms with Crippen molar-refractivity contribution < 1.29 is 14.3 Å². The first-order valence-corrected chi connectivity index (χ1v) is 10.4. The molecule has 2 amide bonds. The van der Waals surface area contributed by atoms with Crippen LogP contribution in [0.3, 0.4) is 0 Å². The average Bonchev–Trinajstić information content (AvgIpc) is 2.78. The molecule has 3 rings (SSSR count). The summed E-state index contributed by atoms with van der Waals surface area (Å²) < 4.78 is 5.58. The molecule has 0 aliphatic carbocycles. The Bertz CT molecular complexity index is 1260. The Morgan fingerprint density at radius 3 is 2.42 bits per heavy atom. The second-order valence-corrected chi connectivity index (χ2v) is 7.72. The van der Waals surface area contributed by atoms with Gasteiger partial charge in [-0.3, -0.25) is 9.59 Å². The third-order valence-electron chi connectivity index (χ3n) is 4.84. The molecule has 166 valence electrons. The summed E-state index contributed by atoms with van der Waals surface area (Å²) in [7, 11) is 0. The fraction of sp³-hybridized carbons (Fsp3) is 0.148. The number of carbonyl (C=O) groups excluding carboxylic acids is 2. The summed E-state index contributed by atoms with van der Waals surface area (Å²) in [4.78, 5) is 24.8. The highest BCUT2D eigenvalue weighted by Crippen LogP contribution is 2.19. The Hall–Kier alpha value is -4.37. The number of hydrogen-bond donors (Lipinski definition) is 2. The van der Waals surface area contributed by atoms with Gasteiger partial charge in [0.2, 0.25) is 0 Å². The van der Waals surface area contributed by atoms with Gasteiger partial charge < -0.3 is 15.4 Å². The smallest absolute Gasteiger partial charge is 0.266 e. The molecule has 6 heteroatoms. The van der Waals surface area contributed by atoms with E-state index in [1.165, 1.54) is 6.08 Å². The third kappa shape index (κ3) is 6.81. The van der Waals surface area contributed by atoms with Crippen molar-refractivity contribution in [3.05, 3.63) is 94.6 Å². The minimum absolute atomic E-state index is 0.0377. The van der Waals surface area contributed by atoms with Crippen LogP contribution in [0.2, 0.25) is 0 Å². The highest BCUT2D eigenvalue weighted by atomic mass is 16.5. The van der Waals surface area contributed by atoms with E-state index >= 15 is 0 Å². The van der Waals surface area contributed by atoms with Crippen LogP contribution in [0.1, 0.15) is 22.3 Å². The average molecular weight is 440 g/mol. The van der Waals surface area contributed by atoms with Gasteiger partial charge in [-0.05, 0) is 73.9 Å². The predicted molar refractivity (Wildman–Crippen MR) is 130 cm³/mol. The van der Waals surface area contributed by atoms with Crippen molar-refractivity contribution >= 4 is 29.3 Å². The molecule has 0 spiro atoms. The van der Waals surface area contributed by atoms with E-state index in [0.717, 1.165) is 16.7 Å². The summed E-state index contributed by atoms with van der Waals surface area (Å²) >= 11 is 0. The van der Waals surface area contributed by atoms with E-state index < -0.39 is 5.91 Å². The van der Waals surface area contributed by atoms with E-state index in [4.69, 9.17) is 4.74 Å². The molecule has 0 bridgehead atoms. The van der Waals surface area contributed by atoms with Crippen molar-refractivity contribution in [1.82, 2.24) is 0 Å². The van der Waals surface area contributed by atoms with E-state index in [1.807, 2.05) is 69.3 Å². The third-order valence-corrected chi connectivity index (χ3v) is 4.84. The van der Waals surface area contributed by atoms with Crippen LogP contribution >= 0.6 is 0 Å². The Morgan fingerprint density at radius 2 is 1.70 bits per heavy atom. The Morgan fingerprint density at radius 1 is 0.939 bits per heavy atom. The fourth-order valence-corrected chi connectivity index (χ4v) is 3.22. The number of anilines is 2. The van der Waals surface area contributed by atoms with Crippen molar-refractivity contribution in [2.45, 2.75) is 20.8 Å². The maximum atomic E-state index is 12.6. The second-order valence-electron chi connectivity index (χ2n) is 7.72. The molecule has 0 saturated heterocycles. The van der Waals surface area contributed by atoms with E-state index in [9.17, 15) is 14.9 Å². The van der Waals surface area contributed by atoms with Crippen molar-refractivity contribution in [1.29, 1.82) is 5.26 Å². The summed E-state index contributed by atoms with van der Waals surface area (Å²) in [6, 6.07) is 22.0. The van der Waals surface area contributed by atoms with Gasteiger partial charge in [0.1, 0.15) is 17.4 Å². The topological polar surface area (TPSA) is 91.2 Å². The Balaban J connectivity index is 1.65. The van der Waals surface area contributed by atoms with Crippen molar-refractivity contribution in [2.75, 3.05) is 17.2 Å². The van der Waals surface area contributed by atoms with Crippen LogP contribution in [0.5, 0.6) is 5.75 Å². The first kappa shape index (κ1) is 23.3. The van der Waals surface area contributed by atoms with E-state index in [-0.39, 0.29) is 18.1 Å². The van der Waals surface area contributed by atoms with Gasteiger partial charge in [-0.15, -0.1) is 0 Å². The summed E-state index contributed by atoms with van der Waals surface area (Å²) in [6.45, 7) is 5.65. The zero-order valence-corrected chi connectivity index (χ0v) is 18.8. The normalized spacial score (nSPS) is 10.8. The molecule has 0 radical (unpaired) electrons. The van der Waals surface area contributed by atoms with E-state index in [2.05, 4.69) is 10.6 Å². The summed E-state index contributed by atoms with van der Waals surface area (Å²) in [5, 5.41) is 15.1. The molecular weight excluding hydrogens is 414 g/mol. The number of hydrogen-bond acceptors (Lipinski definition) is 4. The van der Waals surface area contributed by atoms with Gasteiger partial charge in [0.05, 0.1) is 0 Å². The predicted octanol–water partition coefficient (Wildman–Crippen LogP) is 5.18. The quantitative estimate of drug-likeness (QED) is 0.392. The molecule has 0 aromatic heterocycles. The lowest BCUT2D eigenvalue weighted by Crippen LogP contribution is -2.20. The van der Waals surface area contributed by atoms with Gasteiger partial charge in [-0.1, -0.05) is 42.0 Å². The molecule has 0 unspecified atom stereocenters. The molecule has 0 atom stereocenters. The van der Waals surface area contributed by atoms with Crippen LogP contribution in [0.4, 0.5) is 11.4 Å².